The van der Waals surface area contributed by atoms with Gasteiger partial charge in [0.25, 0.3) is 0 Å². The molecule has 16 heavy (non-hydrogen) atoms. The van der Waals surface area contributed by atoms with E-state index in [0.717, 1.165) is 32.4 Å². The van der Waals surface area contributed by atoms with Gasteiger partial charge in [0.15, 0.2) is 0 Å². The Labute approximate surface area is 97.3 Å². The Morgan fingerprint density at radius 3 is 2.75 bits per heavy atom. The molecule has 0 aliphatic carbocycles. The average Bonchev–Trinajstić information content (AvgIpc) is 2.58. The molecule has 0 aromatic rings. The van der Waals surface area contributed by atoms with E-state index in [9.17, 15) is 9.90 Å². The van der Waals surface area contributed by atoms with Gasteiger partial charge in [0.1, 0.15) is 0 Å². The van der Waals surface area contributed by atoms with Gasteiger partial charge in [-0.2, -0.15) is 0 Å². The number of likely N-dealkylation sites (tertiary alicyclic amines) is 1. The Balaban J connectivity index is 2.10. The van der Waals surface area contributed by atoms with Gasteiger partial charge in [-0.25, -0.2) is 0 Å². The molecule has 0 saturated carbocycles. The van der Waals surface area contributed by atoms with Gasteiger partial charge in [-0.05, 0) is 38.3 Å². The highest BCUT2D eigenvalue weighted by Crippen LogP contribution is 2.23. The van der Waals surface area contributed by atoms with Crippen LogP contribution < -0.4 is 0 Å². The summed E-state index contributed by atoms with van der Waals surface area (Å²) in [6.45, 7) is 4.50. The van der Waals surface area contributed by atoms with Crippen molar-refractivity contribution in [3.05, 3.63) is 0 Å². The zero-order chi connectivity index (χ0) is 12.0. The van der Waals surface area contributed by atoms with Crippen LogP contribution in [-0.2, 0) is 4.79 Å². The summed E-state index contributed by atoms with van der Waals surface area (Å²) < 4.78 is 0. The first kappa shape index (κ1) is 13.5. The SMILES string of the molecule is CC1CCN(CCCCCC(=O)O)C1CO. The fourth-order valence-corrected chi connectivity index (χ4v) is 2.43. The number of aliphatic hydroxyl groups excluding tert-OH is 1. The summed E-state index contributed by atoms with van der Waals surface area (Å²) in [5.41, 5.74) is 0. The topological polar surface area (TPSA) is 60.8 Å². The first-order valence-corrected chi connectivity index (χ1v) is 6.22. The predicted octanol–water partition coefficient (Wildman–Crippen LogP) is 1.33. The molecule has 1 heterocycles. The van der Waals surface area contributed by atoms with E-state index in [-0.39, 0.29) is 13.0 Å². The number of nitrogens with zero attached hydrogens (tertiary/aromatic N) is 1. The molecule has 0 amide bonds. The minimum absolute atomic E-state index is 0.246. The van der Waals surface area contributed by atoms with Crippen LogP contribution in [0.25, 0.3) is 0 Å². The molecule has 1 fully saturated rings. The Morgan fingerprint density at radius 1 is 1.38 bits per heavy atom. The second-order valence-electron chi connectivity index (χ2n) is 4.76. The molecule has 1 aliphatic rings. The molecule has 2 N–H and O–H groups in total. The normalized spacial score (nSPS) is 26.1. The molecule has 0 aromatic carbocycles. The summed E-state index contributed by atoms with van der Waals surface area (Å²) in [6, 6.07) is 0.319. The third kappa shape index (κ3) is 4.10. The summed E-state index contributed by atoms with van der Waals surface area (Å²) >= 11 is 0. The van der Waals surface area contributed by atoms with Crippen molar-refractivity contribution in [2.45, 2.75) is 45.1 Å². The van der Waals surface area contributed by atoms with Crippen molar-refractivity contribution in [3.63, 3.8) is 0 Å². The van der Waals surface area contributed by atoms with Crippen LogP contribution in [0, 0.1) is 5.92 Å². The molecule has 1 rings (SSSR count). The summed E-state index contributed by atoms with van der Waals surface area (Å²) in [7, 11) is 0. The van der Waals surface area contributed by atoms with E-state index in [4.69, 9.17) is 5.11 Å². The van der Waals surface area contributed by atoms with Gasteiger partial charge in [-0.3, -0.25) is 9.69 Å². The molecule has 4 heteroatoms. The lowest BCUT2D eigenvalue weighted by Gasteiger charge is -2.24. The van der Waals surface area contributed by atoms with Gasteiger partial charge in [-0.1, -0.05) is 13.3 Å². The van der Waals surface area contributed by atoms with Crippen LogP contribution in [0.5, 0.6) is 0 Å². The number of aliphatic carboxylic acids is 1. The quantitative estimate of drug-likeness (QED) is 0.647. The molecule has 94 valence electrons. The largest absolute Gasteiger partial charge is 0.481 e. The molecule has 0 radical (unpaired) electrons. The number of rotatable bonds is 7. The molecular weight excluding hydrogens is 206 g/mol. The molecule has 1 saturated heterocycles. The fraction of sp³-hybridized carbons (Fsp3) is 0.917. The molecular formula is C12H23NO3. The maximum Gasteiger partial charge on any atom is 0.303 e. The first-order chi connectivity index (χ1) is 7.65. The molecule has 0 aromatic heterocycles. The van der Waals surface area contributed by atoms with Gasteiger partial charge < -0.3 is 10.2 Å². The van der Waals surface area contributed by atoms with E-state index in [1.54, 1.807) is 0 Å². The number of aliphatic hydroxyl groups is 1. The minimum Gasteiger partial charge on any atom is -0.481 e. The number of unbranched alkanes of at least 4 members (excludes halogenated alkanes) is 2. The van der Waals surface area contributed by atoms with E-state index in [0.29, 0.717) is 12.0 Å². The van der Waals surface area contributed by atoms with Gasteiger partial charge in [0, 0.05) is 12.5 Å². The summed E-state index contributed by atoms with van der Waals surface area (Å²) in [5.74, 6) is -0.118. The molecule has 2 unspecified atom stereocenters. The Hall–Kier alpha value is -0.610. The molecule has 0 bridgehead atoms. The summed E-state index contributed by atoms with van der Waals surface area (Å²) in [6.07, 6.45) is 4.22. The van der Waals surface area contributed by atoms with Crippen molar-refractivity contribution in [1.82, 2.24) is 4.90 Å². The van der Waals surface area contributed by atoms with Crippen LogP contribution in [-0.4, -0.2) is 46.8 Å². The lowest BCUT2D eigenvalue weighted by atomic mass is 10.0. The minimum atomic E-state index is -0.706. The highest BCUT2D eigenvalue weighted by molar-refractivity contribution is 5.66. The zero-order valence-electron chi connectivity index (χ0n) is 10.1. The maximum atomic E-state index is 10.3. The second kappa shape index (κ2) is 6.86. The number of hydrogen-bond acceptors (Lipinski definition) is 3. The molecule has 4 nitrogen and oxygen atoms in total. The van der Waals surface area contributed by atoms with Gasteiger partial charge in [0.05, 0.1) is 6.61 Å². The van der Waals surface area contributed by atoms with Crippen molar-refractivity contribution >= 4 is 5.97 Å². The predicted molar refractivity (Wildman–Crippen MR) is 62.3 cm³/mol. The van der Waals surface area contributed by atoms with Crippen LogP contribution in [0.4, 0.5) is 0 Å². The van der Waals surface area contributed by atoms with Crippen molar-refractivity contribution < 1.29 is 15.0 Å². The lowest BCUT2D eigenvalue weighted by molar-refractivity contribution is -0.137. The molecule has 1 aliphatic heterocycles. The van der Waals surface area contributed by atoms with Crippen molar-refractivity contribution in [3.8, 4) is 0 Å². The van der Waals surface area contributed by atoms with Gasteiger partial charge in [0.2, 0.25) is 0 Å². The third-order valence-electron chi connectivity index (χ3n) is 3.52. The highest BCUT2D eigenvalue weighted by atomic mass is 16.4. The van der Waals surface area contributed by atoms with Crippen LogP contribution in [0.2, 0.25) is 0 Å². The number of carbonyl (C=O) groups is 1. The number of carboxylic acids is 1. The fourth-order valence-electron chi connectivity index (χ4n) is 2.43. The van der Waals surface area contributed by atoms with E-state index < -0.39 is 5.97 Å². The van der Waals surface area contributed by atoms with Crippen molar-refractivity contribution in [2.24, 2.45) is 5.92 Å². The number of hydrogen-bond donors (Lipinski definition) is 2. The van der Waals surface area contributed by atoms with Crippen molar-refractivity contribution in [2.75, 3.05) is 19.7 Å². The number of carboxylic acid groups (broad SMARTS) is 1. The maximum absolute atomic E-state index is 10.3. The van der Waals surface area contributed by atoms with E-state index in [1.165, 1.54) is 6.42 Å². The smallest absolute Gasteiger partial charge is 0.303 e. The monoisotopic (exact) mass is 229 g/mol. The second-order valence-corrected chi connectivity index (χ2v) is 4.76. The van der Waals surface area contributed by atoms with Crippen LogP contribution in [0.15, 0.2) is 0 Å². The van der Waals surface area contributed by atoms with Crippen LogP contribution in [0.3, 0.4) is 0 Å². The molecule has 2 atom stereocenters. The standard InChI is InChI=1S/C12H23NO3/c1-10-6-8-13(11(10)9-14)7-4-2-3-5-12(15)16/h10-11,14H,2-9H2,1H3,(H,15,16). The Morgan fingerprint density at radius 2 is 2.12 bits per heavy atom. The van der Waals surface area contributed by atoms with Crippen LogP contribution >= 0.6 is 0 Å². The van der Waals surface area contributed by atoms with E-state index >= 15 is 0 Å². The Kier molecular flexibility index (Phi) is 5.77. The average molecular weight is 229 g/mol. The van der Waals surface area contributed by atoms with E-state index in [2.05, 4.69) is 11.8 Å². The van der Waals surface area contributed by atoms with Crippen molar-refractivity contribution in [1.29, 1.82) is 0 Å². The zero-order valence-corrected chi connectivity index (χ0v) is 10.1. The van der Waals surface area contributed by atoms with Gasteiger partial charge >= 0.3 is 5.97 Å². The highest BCUT2D eigenvalue weighted by Gasteiger charge is 2.29. The first-order valence-electron chi connectivity index (χ1n) is 6.22. The Bertz CT molecular complexity index is 220. The molecule has 0 spiro atoms. The third-order valence-corrected chi connectivity index (χ3v) is 3.52. The van der Waals surface area contributed by atoms with Gasteiger partial charge in [-0.15, -0.1) is 0 Å². The van der Waals surface area contributed by atoms with Crippen LogP contribution in [0.1, 0.15) is 39.0 Å². The summed E-state index contributed by atoms with van der Waals surface area (Å²) in [5, 5.41) is 17.8. The lowest BCUT2D eigenvalue weighted by Crippen LogP contribution is -2.35. The van der Waals surface area contributed by atoms with E-state index in [1.807, 2.05) is 0 Å². The summed E-state index contributed by atoms with van der Waals surface area (Å²) in [4.78, 5) is 12.7.